The van der Waals surface area contributed by atoms with E-state index in [1.807, 2.05) is 49.4 Å². The largest absolute Gasteiger partial charge is 0.462 e. The standard InChI is InChI=1S/C28H23ClF3N3O4/c1-27(19-6-4-3-5-7-19)17-34(33-24(27)18-8-12-21(29)13-9-18)16-23(36)35(25(37)26(38)39-2)22-14-10-20(11-15-22)28(30,31)32/h3-15H,16-17H2,1-2H3. The smallest absolute Gasteiger partial charge is 0.416 e. The van der Waals surface area contributed by atoms with Gasteiger partial charge in [0.05, 0.1) is 36.0 Å². The summed E-state index contributed by atoms with van der Waals surface area (Å²) >= 11 is 6.07. The lowest BCUT2D eigenvalue weighted by Gasteiger charge is -2.28. The van der Waals surface area contributed by atoms with Gasteiger partial charge in [-0.15, -0.1) is 0 Å². The number of anilines is 1. The molecule has 3 aromatic rings. The summed E-state index contributed by atoms with van der Waals surface area (Å²) in [6.07, 6.45) is -4.62. The van der Waals surface area contributed by atoms with Crippen LogP contribution in [0.15, 0.2) is 84.0 Å². The van der Waals surface area contributed by atoms with E-state index in [1.54, 1.807) is 12.1 Å². The molecule has 0 N–H and O–H groups in total. The van der Waals surface area contributed by atoms with E-state index in [0.29, 0.717) is 15.6 Å². The Balaban J connectivity index is 1.68. The topological polar surface area (TPSA) is 79.3 Å². The van der Waals surface area contributed by atoms with Gasteiger partial charge in [-0.25, -0.2) is 9.69 Å². The van der Waals surface area contributed by atoms with Gasteiger partial charge in [0.1, 0.15) is 6.54 Å². The molecular formula is C28H23ClF3N3O4. The number of alkyl halides is 3. The van der Waals surface area contributed by atoms with Gasteiger partial charge < -0.3 is 4.74 Å². The first kappa shape index (κ1) is 27.8. The molecule has 3 aromatic carbocycles. The Morgan fingerprint density at radius 2 is 1.62 bits per heavy atom. The summed E-state index contributed by atoms with van der Waals surface area (Å²) in [4.78, 5) is 38.8. The number of hydrogen-bond acceptors (Lipinski definition) is 6. The molecule has 0 aliphatic carbocycles. The van der Waals surface area contributed by atoms with Crippen molar-refractivity contribution in [3.05, 3.63) is 101 Å². The number of methoxy groups -OCH3 is 1. The predicted molar refractivity (Wildman–Crippen MR) is 139 cm³/mol. The minimum Gasteiger partial charge on any atom is -0.462 e. The number of rotatable bonds is 5. The van der Waals surface area contributed by atoms with Crippen molar-refractivity contribution in [3.8, 4) is 0 Å². The van der Waals surface area contributed by atoms with Gasteiger partial charge in [0.2, 0.25) is 0 Å². The van der Waals surface area contributed by atoms with Crippen LogP contribution in [0.3, 0.4) is 0 Å². The number of esters is 1. The van der Waals surface area contributed by atoms with Crippen LogP contribution in [0.2, 0.25) is 5.02 Å². The van der Waals surface area contributed by atoms with E-state index in [0.717, 1.165) is 42.5 Å². The summed E-state index contributed by atoms with van der Waals surface area (Å²) in [6.45, 7) is 1.77. The van der Waals surface area contributed by atoms with Crippen LogP contribution in [0.4, 0.5) is 18.9 Å². The second-order valence-electron chi connectivity index (χ2n) is 9.05. The molecule has 0 bridgehead atoms. The molecule has 0 radical (unpaired) electrons. The summed E-state index contributed by atoms with van der Waals surface area (Å²) in [5.41, 5.74) is 0.499. The molecule has 1 aliphatic rings. The second kappa shape index (κ2) is 10.9. The van der Waals surface area contributed by atoms with Crippen LogP contribution in [-0.2, 0) is 30.7 Å². The quantitative estimate of drug-likeness (QED) is 0.323. The first-order valence-electron chi connectivity index (χ1n) is 11.7. The van der Waals surface area contributed by atoms with Gasteiger partial charge in [0.25, 0.3) is 5.91 Å². The molecule has 0 aromatic heterocycles. The molecule has 0 saturated carbocycles. The number of carbonyl (C=O) groups is 3. The maximum atomic E-state index is 13.4. The fraction of sp³-hybridized carbons (Fsp3) is 0.214. The van der Waals surface area contributed by atoms with E-state index < -0.39 is 41.5 Å². The van der Waals surface area contributed by atoms with Crippen molar-refractivity contribution in [1.29, 1.82) is 0 Å². The maximum absolute atomic E-state index is 13.4. The lowest BCUT2D eigenvalue weighted by Crippen LogP contribution is -2.46. The normalized spacial score (nSPS) is 17.0. The van der Waals surface area contributed by atoms with E-state index in [2.05, 4.69) is 9.84 Å². The second-order valence-corrected chi connectivity index (χ2v) is 9.48. The summed E-state index contributed by atoms with van der Waals surface area (Å²) in [5.74, 6) is -3.56. The van der Waals surface area contributed by atoms with Crippen LogP contribution >= 0.6 is 11.6 Å². The number of hydrazone groups is 1. The van der Waals surface area contributed by atoms with Crippen LogP contribution in [0.5, 0.6) is 0 Å². The first-order chi connectivity index (χ1) is 18.4. The third-order valence-corrected chi connectivity index (χ3v) is 6.63. The monoisotopic (exact) mass is 557 g/mol. The summed E-state index contributed by atoms with van der Waals surface area (Å²) in [6, 6.07) is 19.9. The van der Waals surface area contributed by atoms with E-state index in [-0.39, 0.29) is 12.2 Å². The van der Waals surface area contributed by atoms with Crippen molar-refractivity contribution in [2.45, 2.75) is 18.5 Å². The zero-order valence-corrected chi connectivity index (χ0v) is 21.7. The van der Waals surface area contributed by atoms with Crippen LogP contribution in [0, 0.1) is 0 Å². The Morgan fingerprint density at radius 3 is 2.18 bits per heavy atom. The molecule has 11 heteroatoms. The molecule has 202 valence electrons. The fourth-order valence-electron chi connectivity index (χ4n) is 4.42. The van der Waals surface area contributed by atoms with Gasteiger partial charge in [-0.05, 0) is 54.4 Å². The molecule has 39 heavy (non-hydrogen) atoms. The van der Waals surface area contributed by atoms with Gasteiger partial charge in [-0.3, -0.25) is 14.6 Å². The number of amides is 2. The summed E-state index contributed by atoms with van der Waals surface area (Å²) < 4.78 is 43.6. The highest BCUT2D eigenvalue weighted by Gasteiger charge is 2.42. The SMILES string of the molecule is COC(=O)C(=O)N(C(=O)CN1CC(C)(c2ccccc2)C(c2ccc(Cl)cc2)=N1)c1ccc(C(F)(F)F)cc1. The van der Waals surface area contributed by atoms with Gasteiger partial charge in [0.15, 0.2) is 0 Å². The highest BCUT2D eigenvalue weighted by Crippen LogP contribution is 2.36. The molecule has 1 aliphatic heterocycles. The third kappa shape index (κ3) is 5.80. The van der Waals surface area contributed by atoms with E-state index >= 15 is 0 Å². The van der Waals surface area contributed by atoms with Gasteiger partial charge >= 0.3 is 18.1 Å². The van der Waals surface area contributed by atoms with Crippen molar-refractivity contribution in [3.63, 3.8) is 0 Å². The van der Waals surface area contributed by atoms with Crippen molar-refractivity contribution in [1.82, 2.24) is 5.01 Å². The highest BCUT2D eigenvalue weighted by molar-refractivity contribution is 6.43. The van der Waals surface area contributed by atoms with Gasteiger partial charge in [0, 0.05) is 5.02 Å². The fourth-order valence-corrected chi connectivity index (χ4v) is 4.54. The number of carbonyl (C=O) groups excluding carboxylic acids is 3. The molecule has 4 rings (SSSR count). The zero-order valence-electron chi connectivity index (χ0n) is 20.9. The Hall–Kier alpha value is -4.18. The van der Waals surface area contributed by atoms with Crippen LogP contribution in [0.1, 0.15) is 23.6 Å². The molecule has 7 nitrogen and oxygen atoms in total. The van der Waals surface area contributed by atoms with E-state index in [1.165, 1.54) is 5.01 Å². The minimum absolute atomic E-state index is 0.213. The molecule has 0 spiro atoms. The average Bonchev–Trinajstić information content (AvgIpc) is 3.25. The molecule has 2 amide bonds. The molecule has 1 atom stereocenters. The third-order valence-electron chi connectivity index (χ3n) is 6.37. The molecule has 1 unspecified atom stereocenters. The Labute approximate surface area is 227 Å². The number of imide groups is 1. The Kier molecular flexibility index (Phi) is 7.78. The average molecular weight is 558 g/mol. The predicted octanol–water partition coefficient (Wildman–Crippen LogP) is 5.07. The number of nitrogens with zero attached hydrogens (tertiary/aromatic N) is 3. The number of ether oxygens (including phenoxy) is 1. The Morgan fingerprint density at radius 1 is 1.00 bits per heavy atom. The van der Waals surface area contributed by atoms with Crippen molar-refractivity contribution >= 4 is 40.8 Å². The number of benzene rings is 3. The summed E-state index contributed by atoms with van der Waals surface area (Å²) in [5, 5.41) is 6.69. The van der Waals surface area contributed by atoms with E-state index in [9.17, 15) is 27.6 Å². The highest BCUT2D eigenvalue weighted by atomic mass is 35.5. The zero-order chi connectivity index (χ0) is 28.4. The lowest BCUT2D eigenvalue weighted by atomic mass is 9.76. The number of halogens is 4. The molecule has 0 fully saturated rings. The Bertz CT molecular complexity index is 1410. The van der Waals surface area contributed by atoms with Crippen LogP contribution in [-0.4, -0.2) is 48.7 Å². The van der Waals surface area contributed by atoms with Crippen molar-refractivity contribution < 1.29 is 32.3 Å². The first-order valence-corrected chi connectivity index (χ1v) is 12.1. The lowest BCUT2D eigenvalue weighted by molar-refractivity contribution is -0.152. The van der Waals surface area contributed by atoms with Crippen LogP contribution in [0.25, 0.3) is 0 Å². The molecule has 1 heterocycles. The minimum atomic E-state index is -4.62. The van der Waals surface area contributed by atoms with Crippen LogP contribution < -0.4 is 4.90 Å². The molecular weight excluding hydrogens is 535 g/mol. The van der Waals surface area contributed by atoms with Gasteiger partial charge in [-0.1, -0.05) is 54.1 Å². The maximum Gasteiger partial charge on any atom is 0.416 e. The van der Waals surface area contributed by atoms with Crippen molar-refractivity contribution in [2.24, 2.45) is 5.10 Å². The van der Waals surface area contributed by atoms with E-state index in [4.69, 9.17) is 11.6 Å². The van der Waals surface area contributed by atoms with Gasteiger partial charge in [-0.2, -0.15) is 18.3 Å². The number of hydrogen-bond donors (Lipinski definition) is 0. The molecule has 0 saturated heterocycles. The summed E-state index contributed by atoms with van der Waals surface area (Å²) in [7, 11) is 0.962. The van der Waals surface area contributed by atoms with Crippen molar-refractivity contribution in [2.75, 3.05) is 25.1 Å².